The molecule has 0 bridgehead atoms. The maximum absolute atomic E-state index is 12.6. The number of nitrogens with zero attached hydrogens (tertiary/aromatic N) is 3. The molecule has 1 aliphatic heterocycles. The van der Waals surface area contributed by atoms with E-state index in [0.29, 0.717) is 19.0 Å². The number of imidazole rings is 1. The van der Waals surface area contributed by atoms with Crippen molar-refractivity contribution in [1.29, 1.82) is 0 Å². The van der Waals surface area contributed by atoms with Crippen molar-refractivity contribution in [2.45, 2.75) is 17.9 Å². The molecule has 0 saturated carbocycles. The van der Waals surface area contributed by atoms with E-state index in [2.05, 4.69) is 15.0 Å². The first kappa shape index (κ1) is 14.2. The van der Waals surface area contributed by atoms with Gasteiger partial charge in [-0.3, -0.25) is 4.98 Å². The van der Waals surface area contributed by atoms with Crippen LogP contribution >= 0.6 is 0 Å². The number of morpholine rings is 1. The Balaban J connectivity index is 1.83. The summed E-state index contributed by atoms with van der Waals surface area (Å²) in [6.07, 6.45) is 4.23. The second kappa shape index (κ2) is 5.55. The Bertz CT molecular complexity index is 714. The molecule has 0 amide bonds. The fraction of sp³-hybridized carbons (Fsp3) is 0.385. The third-order valence-corrected chi connectivity index (χ3v) is 5.18. The van der Waals surface area contributed by atoms with E-state index in [4.69, 9.17) is 4.74 Å². The molecular formula is C13H16N4O3S. The van der Waals surface area contributed by atoms with Gasteiger partial charge >= 0.3 is 0 Å². The maximum Gasteiger partial charge on any atom is 0.244 e. The number of aryl methyl sites for hydroxylation is 1. The molecule has 0 aromatic carbocycles. The van der Waals surface area contributed by atoms with Gasteiger partial charge in [0, 0.05) is 37.4 Å². The Kier molecular flexibility index (Phi) is 3.75. The molecule has 3 heterocycles. The molecule has 3 rings (SSSR count). The van der Waals surface area contributed by atoms with Crippen molar-refractivity contribution in [2.24, 2.45) is 0 Å². The summed E-state index contributed by atoms with van der Waals surface area (Å²) < 4.78 is 32.2. The Morgan fingerprint density at radius 3 is 2.95 bits per heavy atom. The van der Waals surface area contributed by atoms with E-state index in [9.17, 15) is 8.42 Å². The van der Waals surface area contributed by atoms with Gasteiger partial charge in [0.05, 0.1) is 6.61 Å². The van der Waals surface area contributed by atoms with Crippen molar-refractivity contribution in [3.8, 4) is 0 Å². The molecule has 0 radical (unpaired) electrons. The molecular weight excluding hydrogens is 292 g/mol. The van der Waals surface area contributed by atoms with Gasteiger partial charge in [-0.1, -0.05) is 0 Å². The SMILES string of the molecule is Cc1cnc([C@@H]2CN(S(=O)(=O)c3cccnc3)CCO2)[nH]1. The largest absolute Gasteiger partial charge is 0.368 e. The topological polar surface area (TPSA) is 88.2 Å². The lowest BCUT2D eigenvalue weighted by atomic mass is 10.3. The summed E-state index contributed by atoms with van der Waals surface area (Å²) in [6, 6.07) is 3.16. The fourth-order valence-electron chi connectivity index (χ4n) is 2.25. The number of ether oxygens (including phenoxy) is 1. The van der Waals surface area contributed by atoms with Gasteiger partial charge < -0.3 is 9.72 Å². The van der Waals surface area contributed by atoms with Gasteiger partial charge in [-0.2, -0.15) is 4.31 Å². The molecule has 1 N–H and O–H groups in total. The lowest BCUT2D eigenvalue weighted by Crippen LogP contribution is -2.42. The molecule has 0 aliphatic carbocycles. The van der Waals surface area contributed by atoms with Crippen molar-refractivity contribution in [2.75, 3.05) is 19.7 Å². The molecule has 0 unspecified atom stereocenters. The van der Waals surface area contributed by atoms with Gasteiger partial charge in [0.25, 0.3) is 0 Å². The van der Waals surface area contributed by atoms with Crippen LogP contribution in [0.2, 0.25) is 0 Å². The fourth-order valence-corrected chi connectivity index (χ4v) is 3.64. The Hall–Kier alpha value is -1.77. The third kappa shape index (κ3) is 2.82. The molecule has 8 heteroatoms. The van der Waals surface area contributed by atoms with Crippen molar-refractivity contribution >= 4 is 10.0 Å². The van der Waals surface area contributed by atoms with E-state index in [-0.39, 0.29) is 17.5 Å². The summed E-state index contributed by atoms with van der Waals surface area (Å²) in [5.41, 5.74) is 0.917. The van der Waals surface area contributed by atoms with Crippen LogP contribution in [0, 0.1) is 6.92 Å². The standard InChI is InChI=1S/C13H16N4O3S/c1-10-7-15-13(16-10)12-9-17(5-6-20-12)21(18,19)11-3-2-4-14-8-11/h2-4,7-8,12H,5-6,9H2,1H3,(H,15,16)/t12-/m0/s1. The third-order valence-electron chi connectivity index (χ3n) is 3.33. The number of aromatic nitrogens is 3. The number of aromatic amines is 1. The van der Waals surface area contributed by atoms with Crippen molar-refractivity contribution < 1.29 is 13.2 Å². The molecule has 0 spiro atoms. The number of rotatable bonds is 3. The van der Waals surface area contributed by atoms with Crippen LogP contribution in [0.3, 0.4) is 0 Å². The van der Waals surface area contributed by atoms with Crippen LogP contribution in [0.1, 0.15) is 17.6 Å². The smallest absolute Gasteiger partial charge is 0.244 e. The van der Waals surface area contributed by atoms with E-state index in [0.717, 1.165) is 5.69 Å². The number of H-pyrrole nitrogens is 1. The number of hydrogen-bond donors (Lipinski definition) is 1. The summed E-state index contributed by atoms with van der Waals surface area (Å²) in [7, 11) is -3.55. The Morgan fingerprint density at radius 2 is 2.29 bits per heavy atom. The summed E-state index contributed by atoms with van der Waals surface area (Å²) >= 11 is 0. The van der Waals surface area contributed by atoms with Crippen molar-refractivity contribution in [3.05, 3.63) is 42.2 Å². The van der Waals surface area contributed by atoms with Crippen LogP contribution in [-0.2, 0) is 14.8 Å². The summed E-state index contributed by atoms with van der Waals surface area (Å²) in [4.78, 5) is 11.4. The highest BCUT2D eigenvalue weighted by atomic mass is 32.2. The highest BCUT2D eigenvalue weighted by Gasteiger charge is 2.32. The van der Waals surface area contributed by atoms with E-state index in [1.165, 1.54) is 10.5 Å². The molecule has 1 atom stereocenters. The number of nitrogens with one attached hydrogen (secondary N) is 1. The second-order valence-electron chi connectivity index (χ2n) is 4.86. The molecule has 112 valence electrons. The van der Waals surface area contributed by atoms with Gasteiger partial charge in [0.2, 0.25) is 10.0 Å². The molecule has 1 fully saturated rings. The number of hydrogen-bond acceptors (Lipinski definition) is 5. The summed E-state index contributed by atoms with van der Waals surface area (Å²) in [6.45, 7) is 2.80. The molecule has 1 saturated heterocycles. The van der Waals surface area contributed by atoms with Crippen LogP contribution in [-0.4, -0.2) is 47.4 Å². The maximum atomic E-state index is 12.6. The Morgan fingerprint density at radius 1 is 1.43 bits per heavy atom. The molecule has 7 nitrogen and oxygen atoms in total. The van der Waals surface area contributed by atoms with Gasteiger partial charge in [-0.15, -0.1) is 0 Å². The van der Waals surface area contributed by atoms with E-state index < -0.39 is 10.0 Å². The first-order chi connectivity index (χ1) is 10.1. The predicted octanol–water partition coefficient (Wildman–Crippen LogP) is 0.875. The van der Waals surface area contributed by atoms with Crippen LogP contribution in [0.15, 0.2) is 35.6 Å². The highest BCUT2D eigenvalue weighted by molar-refractivity contribution is 7.89. The molecule has 21 heavy (non-hydrogen) atoms. The van der Waals surface area contributed by atoms with E-state index in [1.54, 1.807) is 24.5 Å². The van der Waals surface area contributed by atoms with Crippen molar-refractivity contribution in [3.63, 3.8) is 0 Å². The summed E-state index contributed by atoms with van der Waals surface area (Å²) in [5.74, 6) is 0.651. The minimum absolute atomic E-state index is 0.196. The van der Waals surface area contributed by atoms with Gasteiger partial charge in [-0.25, -0.2) is 13.4 Å². The first-order valence-corrected chi connectivity index (χ1v) is 8.04. The first-order valence-electron chi connectivity index (χ1n) is 6.60. The zero-order chi connectivity index (χ0) is 14.9. The quantitative estimate of drug-likeness (QED) is 0.909. The zero-order valence-electron chi connectivity index (χ0n) is 11.6. The highest BCUT2D eigenvalue weighted by Crippen LogP contribution is 2.24. The van der Waals surface area contributed by atoms with Crippen LogP contribution in [0.5, 0.6) is 0 Å². The van der Waals surface area contributed by atoms with Crippen molar-refractivity contribution in [1.82, 2.24) is 19.3 Å². The predicted molar refractivity (Wildman–Crippen MR) is 75.0 cm³/mol. The lowest BCUT2D eigenvalue weighted by molar-refractivity contribution is -0.00711. The minimum atomic E-state index is -3.55. The normalized spacial score (nSPS) is 20.5. The van der Waals surface area contributed by atoms with Crippen LogP contribution < -0.4 is 0 Å². The average molecular weight is 308 g/mol. The number of pyridine rings is 1. The van der Waals surface area contributed by atoms with E-state index in [1.807, 2.05) is 6.92 Å². The molecule has 2 aromatic heterocycles. The number of sulfonamides is 1. The lowest BCUT2D eigenvalue weighted by Gasteiger charge is -2.31. The minimum Gasteiger partial charge on any atom is -0.368 e. The second-order valence-corrected chi connectivity index (χ2v) is 6.80. The monoisotopic (exact) mass is 308 g/mol. The van der Waals surface area contributed by atoms with Gasteiger partial charge in [-0.05, 0) is 19.1 Å². The summed E-state index contributed by atoms with van der Waals surface area (Å²) in [5, 5.41) is 0. The molecule has 1 aliphatic rings. The van der Waals surface area contributed by atoms with E-state index >= 15 is 0 Å². The van der Waals surface area contributed by atoms with Crippen LogP contribution in [0.4, 0.5) is 0 Å². The van der Waals surface area contributed by atoms with Crippen LogP contribution in [0.25, 0.3) is 0 Å². The van der Waals surface area contributed by atoms with Gasteiger partial charge in [0.15, 0.2) is 0 Å². The average Bonchev–Trinajstić information content (AvgIpc) is 2.95. The molecule has 2 aromatic rings. The zero-order valence-corrected chi connectivity index (χ0v) is 12.4. The van der Waals surface area contributed by atoms with Gasteiger partial charge in [0.1, 0.15) is 16.8 Å². The Labute approximate surface area is 123 Å².